The number of esters is 1. The minimum absolute atomic E-state index is 0.0337. The molecule has 2 aliphatic rings. The van der Waals surface area contributed by atoms with Gasteiger partial charge in [0.05, 0.1) is 12.7 Å². The van der Waals surface area contributed by atoms with E-state index < -0.39 is 22.9 Å². The number of amides is 1. The van der Waals surface area contributed by atoms with Crippen LogP contribution in [0.15, 0.2) is 46.6 Å². The number of para-hydroxylation sites is 1. The van der Waals surface area contributed by atoms with Gasteiger partial charge in [-0.25, -0.2) is 4.79 Å². The van der Waals surface area contributed by atoms with Gasteiger partial charge in [0, 0.05) is 29.6 Å². The summed E-state index contributed by atoms with van der Waals surface area (Å²) in [6, 6.07) is 8.70. The van der Waals surface area contributed by atoms with Crippen LogP contribution in [-0.4, -0.2) is 30.5 Å². The lowest BCUT2D eigenvalue weighted by Crippen LogP contribution is -2.51. The topological polar surface area (TPSA) is 115 Å². The molecule has 0 saturated heterocycles. The number of carbonyl (C=O) groups is 2. The Labute approximate surface area is 173 Å². The van der Waals surface area contributed by atoms with Gasteiger partial charge in [-0.1, -0.05) is 32.0 Å². The number of nitrogens with two attached hydrogens (primary N) is 1. The van der Waals surface area contributed by atoms with Crippen LogP contribution in [0.4, 0.5) is 5.69 Å². The Morgan fingerprint density at radius 1 is 1.30 bits per heavy atom. The number of rotatable bonds is 3. The van der Waals surface area contributed by atoms with Crippen molar-refractivity contribution in [2.45, 2.75) is 26.2 Å². The van der Waals surface area contributed by atoms with Crippen molar-refractivity contribution < 1.29 is 19.1 Å². The van der Waals surface area contributed by atoms with E-state index in [2.05, 4.69) is 4.98 Å². The fourth-order valence-electron chi connectivity index (χ4n) is 4.41. The molecule has 3 heterocycles. The number of H-pyrrole nitrogens is 1. The summed E-state index contributed by atoms with van der Waals surface area (Å²) in [4.78, 5) is 44.5. The van der Waals surface area contributed by atoms with Crippen molar-refractivity contribution in [2.75, 3.05) is 18.6 Å². The van der Waals surface area contributed by atoms with Crippen molar-refractivity contribution in [1.82, 2.24) is 4.98 Å². The first-order valence-corrected chi connectivity index (χ1v) is 9.65. The number of pyridine rings is 1. The highest BCUT2D eigenvalue weighted by atomic mass is 16.5. The number of anilines is 1. The summed E-state index contributed by atoms with van der Waals surface area (Å²) in [7, 11) is 1.20. The molecule has 1 atom stereocenters. The number of nitrogens with one attached hydrogen (secondary N) is 1. The highest BCUT2D eigenvalue weighted by Gasteiger charge is 2.62. The molecule has 156 valence electrons. The molecule has 3 N–H and O–H groups in total. The van der Waals surface area contributed by atoms with Crippen molar-refractivity contribution in [3.8, 4) is 5.75 Å². The lowest BCUT2D eigenvalue weighted by molar-refractivity contribution is -0.138. The smallest absolute Gasteiger partial charge is 0.340 e. The first-order valence-electron chi connectivity index (χ1n) is 9.65. The van der Waals surface area contributed by atoms with Gasteiger partial charge in [-0.05, 0) is 18.9 Å². The van der Waals surface area contributed by atoms with Gasteiger partial charge in [0.15, 0.2) is 0 Å². The summed E-state index contributed by atoms with van der Waals surface area (Å²) in [6.07, 6.45) is 0. The molecule has 0 unspecified atom stereocenters. The molecule has 0 bridgehead atoms. The number of benzene rings is 1. The molecular weight excluding hydrogens is 386 g/mol. The van der Waals surface area contributed by atoms with Gasteiger partial charge in [0.2, 0.25) is 11.8 Å². The number of methoxy groups -OCH3 is 1. The zero-order chi connectivity index (χ0) is 21.8. The number of ether oxygens (including phenoxy) is 2. The molecule has 2 aliphatic heterocycles. The number of fused-ring (bicyclic) bond motifs is 4. The summed E-state index contributed by atoms with van der Waals surface area (Å²) in [5, 5.41) is 0. The first kappa shape index (κ1) is 19.8. The number of carbonyl (C=O) groups excluding carboxylic acids is 2. The van der Waals surface area contributed by atoms with E-state index in [1.165, 1.54) is 7.11 Å². The van der Waals surface area contributed by atoms with Crippen LogP contribution in [0.2, 0.25) is 0 Å². The average Bonchev–Trinajstić information content (AvgIpc) is 2.90. The second kappa shape index (κ2) is 6.76. The van der Waals surface area contributed by atoms with Crippen LogP contribution < -0.4 is 20.9 Å². The van der Waals surface area contributed by atoms with Gasteiger partial charge < -0.3 is 25.1 Å². The maximum atomic E-state index is 14.1. The molecule has 1 spiro atoms. The monoisotopic (exact) mass is 409 g/mol. The Kier molecular flexibility index (Phi) is 4.45. The molecule has 1 aromatic heterocycles. The van der Waals surface area contributed by atoms with Crippen molar-refractivity contribution in [2.24, 2.45) is 11.7 Å². The molecule has 1 aromatic carbocycles. The van der Waals surface area contributed by atoms with Crippen molar-refractivity contribution in [1.29, 1.82) is 0 Å². The van der Waals surface area contributed by atoms with Crippen molar-refractivity contribution in [3.05, 3.63) is 69.0 Å². The number of aromatic amines is 1. The summed E-state index contributed by atoms with van der Waals surface area (Å²) >= 11 is 0. The third-order valence-corrected chi connectivity index (χ3v) is 5.45. The summed E-state index contributed by atoms with van der Waals surface area (Å²) in [5.41, 5.74) is 5.41. The Morgan fingerprint density at radius 2 is 2.00 bits per heavy atom. The third-order valence-electron chi connectivity index (χ3n) is 5.45. The van der Waals surface area contributed by atoms with Gasteiger partial charge in [0.1, 0.15) is 16.7 Å². The average molecular weight is 409 g/mol. The molecule has 8 heteroatoms. The largest absolute Gasteiger partial charge is 0.465 e. The highest BCUT2D eigenvalue weighted by Crippen LogP contribution is 2.54. The number of hydrogen-bond acceptors (Lipinski definition) is 6. The van der Waals surface area contributed by atoms with Gasteiger partial charge in [-0.3, -0.25) is 9.59 Å². The molecule has 0 saturated carbocycles. The number of aromatic nitrogens is 1. The molecule has 0 fully saturated rings. The Morgan fingerprint density at radius 3 is 2.67 bits per heavy atom. The fraction of sp³-hybridized carbons (Fsp3) is 0.318. The van der Waals surface area contributed by atoms with E-state index >= 15 is 0 Å². The lowest BCUT2D eigenvalue weighted by atomic mass is 9.68. The first-order chi connectivity index (χ1) is 14.2. The van der Waals surface area contributed by atoms with Crippen molar-refractivity contribution >= 4 is 17.6 Å². The van der Waals surface area contributed by atoms with Crippen LogP contribution in [0.25, 0.3) is 0 Å². The molecule has 2 aromatic rings. The van der Waals surface area contributed by atoms with E-state index in [9.17, 15) is 14.4 Å². The number of hydrogen-bond donors (Lipinski definition) is 2. The van der Waals surface area contributed by atoms with Crippen LogP contribution in [0, 0.1) is 12.8 Å². The van der Waals surface area contributed by atoms with Crippen LogP contribution in [-0.2, 0) is 19.7 Å². The molecule has 0 aliphatic carbocycles. The molecule has 8 nitrogen and oxygen atoms in total. The van der Waals surface area contributed by atoms with Crippen molar-refractivity contribution in [3.63, 3.8) is 0 Å². The zero-order valence-electron chi connectivity index (χ0n) is 17.2. The quantitative estimate of drug-likeness (QED) is 0.746. The predicted octanol–water partition coefficient (Wildman–Crippen LogP) is 1.71. The zero-order valence-corrected chi connectivity index (χ0v) is 17.2. The maximum absolute atomic E-state index is 14.1. The second-order valence-electron chi connectivity index (χ2n) is 7.93. The molecular formula is C22H23N3O5. The molecule has 0 radical (unpaired) electrons. The van der Waals surface area contributed by atoms with Gasteiger partial charge >= 0.3 is 5.97 Å². The number of aryl methyl sites for hydroxylation is 1. The summed E-state index contributed by atoms with van der Waals surface area (Å²) in [5.74, 6) is -1.21. The van der Waals surface area contributed by atoms with E-state index in [1.54, 1.807) is 36.1 Å². The minimum Gasteiger partial charge on any atom is -0.465 e. The van der Waals surface area contributed by atoms with Gasteiger partial charge in [-0.15, -0.1) is 0 Å². The SMILES string of the molecule is COC(=O)C1=C(N)Oc2cc(C)[nH]c(=O)c2[C@@]12C(=O)N(CC(C)C)c1ccccc12. The Bertz CT molecular complexity index is 1160. The standard InChI is InChI=1S/C22H23N3O5/c1-11(2)10-25-14-8-6-5-7-13(14)22(21(25)28)16-15(9-12(3)24-19(16)26)30-18(23)17(22)20(27)29-4/h5-9,11H,10,23H2,1-4H3,(H,24,26)/t22-/m1/s1. The van der Waals surface area contributed by atoms with Gasteiger partial charge in [-0.2, -0.15) is 0 Å². The Hall–Kier alpha value is -3.55. The van der Waals surface area contributed by atoms with E-state index in [0.717, 1.165) is 0 Å². The van der Waals surface area contributed by atoms with E-state index in [0.29, 0.717) is 23.5 Å². The predicted molar refractivity (Wildman–Crippen MR) is 110 cm³/mol. The van der Waals surface area contributed by atoms with E-state index in [1.807, 2.05) is 19.9 Å². The number of nitrogens with zero attached hydrogens (tertiary/aromatic N) is 1. The molecule has 4 rings (SSSR count). The van der Waals surface area contributed by atoms with Crippen LogP contribution in [0.1, 0.15) is 30.7 Å². The second-order valence-corrected chi connectivity index (χ2v) is 7.93. The van der Waals surface area contributed by atoms with E-state index in [4.69, 9.17) is 15.2 Å². The minimum atomic E-state index is -1.75. The highest BCUT2D eigenvalue weighted by molar-refractivity contribution is 6.18. The fourth-order valence-corrected chi connectivity index (χ4v) is 4.41. The maximum Gasteiger partial charge on any atom is 0.340 e. The molecule has 1 amide bonds. The summed E-state index contributed by atoms with van der Waals surface area (Å²) in [6.45, 7) is 6.08. The Balaban J connectivity index is 2.16. The van der Waals surface area contributed by atoms with E-state index in [-0.39, 0.29) is 28.7 Å². The van der Waals surface area contributed by atoms with Gasteiger partial charge in [0.25, 0.3) is 5.56 Å². The summed E-state index contributed by atoms with van der Waals surface area (Å²) < 4.78 is 10.6. The third kappa shape index (κ3) is 2.49. The van der Waals surface area contributed by atoms with Crippen LogP contribution in [0.5, 0.6) is 5.75 Å². The van der Waals surface area contributed by atoms with Crippen LogP contribution in [0.3, 0.4) is 0 Å². The lowest BCUT2D eigenvalue weighted by Gasteiger charge is -2.35. The van der Waals surface area contributed by atoms with Crippen LogP contribution >= 0.6 is 0 Å². The molecule has 30 heavy (non-hydrogen) atoms. The normalized spacial score (nSPS) is 19.8.